The maximum absolute atomic E-state index is 6.23. The molecule has 0 bridgehead atoms. The SMILES string of the molecule is CC(C)(C)[Si](C)(C)OC[C@H]1N[C@H]1COCc1ccccc1. The third kappa shape index (κ3) is 4.92. The van der Waals surface area contributed by atoms with Crippen LogP contribution >= 0.6 is 0 Å². The number of rotatable bonds is 7. The van der Waals surface area contributed by atoms with Crippen LogP contribution in [0.2, 0.25) is 18.1 Å². The Morgan fingerprint density at radius 1 is 1.05 bits per heavy atom. The van der Waals surface area contributed by atoms with Crippen molar-refractivity contribution in [2.45, 2.75) is 57.6 Å². The monoisotopic (exact) mass is 307 g/mol. The Morgan fingerprint density at radius 2 is 1.67 bits per heavy atom. The van der Waals surface area contributed by atoms with Gasteiger partial charge < -0.3 is 14.5 Å². The molecule has 21 heavy (non-hydrogen) atoms. The minimum atomic E-state index is -1.62. The number of hydrogen-bond acceptors (Lipinski definition) is 3. The average molecular weight is 308 g/mol. The highest BCUT2D eigenvalue weighted by atomic mass is 28.4. The molecule has 1 aliphatic rings. The largest absolute Gasteiger partial charge is 0.415 e. The number of ether oxygens (including phenoxy) is 1. The first-order chi connectivity index (χ1) is 9.79. The molecule has 1 aromatic carbocycles. The van der Waals surface area contributed by atoms with E-state index in [1.807, 2.05) is 18.2 Å². The van der Waals surface area contributed by atoms with Gasteiger partial charge in [-0.05, 0) is 23.7 Å². The topological polar surface area (TPSA) is 40.4 Å². The lowest BCUT2D eigenvalue weighted by Gasteiger charge is -2.36. The van der Waals surface area contributed by atoms with Crippen molar-refractivity contribution in [1.29, 1.82) is 0 Å². The molecule has 2 atom stereocenters. The molecule has 118 valence electrons. The molecular weight excluding hydrogens is 278 g/mol. The van der Waals surface area contributed by atoms with Crippen LogP contribution in [0.4, 0.5) is 0 Å². The summed E-state index contributed by atoms with van der Waals surface area (Å²) in [5.74, 6) is 0. The first-order valence-electron chi connectivity index (χ1n) is 7.81. The highest BCUT2D eigenvalue weighted by Crippen LogP contribution is 2.37. The highest BCUT2D eigenvalue weighted by Gasteiger charge is 2.41. The van der Waals surface area contributed by atoms with Gasteiger partial charge in [0.15, 0.2) is 8.32 Å². The first-order valence-corrected chi connectivity index (χ1v) is 10.7. The van der Waals surface area contributed by atoms with E-state index in [2.05, 4.69) is 51.3 Å². The second kappa shape index (κ2) is 6.61. The Hall–Kier alpha value is -0.683. The van der Waals surface area contributed by atoms with Gasteiger partial charge in [0.1, 0.15) is 0 Å². The molecule has 0 amide bonds. The summed E-state index contributed by atoms with van der Waals surface area (Å²) in [5.41, 5.74) is 1.23. The second-order valence-corrected chi connectivity index (χ2v) is 12.3. The van der Waals surface area contributed by atoms with Gasteiger partial charge >= 0.3 is 0 Å². The van der Waals surface area contributed by atoms with Crippen molar-refractivity contribution in [2.75, 3.05) is 13.2 Å². The van der Waals surface area contributed by atoms with Crippen LogP contribution in [-0.2, 0) is 15.8 Å². The van der Waals surface area contributed by atoms with E-state index >= 15 is 0 Å². The maximum Gasteiger partial charge on any atom is 0.192 e. The third-order valence-corrected chi connectivity index (χ3v) is 9.14. The van der Waals surface area contributed by atoms with Crippen molar-refractivity contribution < 1.29 is 9.16 Å². The Morgan fingerprint density at radius 3 is 2.29 bits per heavy atom. The predicted molar refractivity (Wildman–Crippen MR) is 90.0 cm³/mol. The Bertz CT molecular complexity index is 442. The van der Waals surface area contributed by atoms with Crippen molar-refractivity contribution in [2.24, 2.45) is 0 Å². The van der Waals surface area contributed by atoms with E-state index in [1.54, 1.807) is 0 Å². The molecule has 1 heterocycles. The summed E-state index contributed by atoms with van der Waals surface area (Å²) in [6.45, 7) is 13.7. The minimum Gasteiger partial charge on any atom is -0.415 e. The summed E-state index contributed by atoms with van der Waals surface area (Å²) in [5, 5.41) is 3.73. The fraction of sp³-hybridized carbons (Fsp3) is 0.647. The van der Waals surface area contributed by atoms with Gasteiger partial charge in [-0.25, -0.2) is 0 Å². The summed E-state index contributed by atoms with van der Waals surface area (Å²) < 4.78 is 12.0. The van der Waals surface area contributed by atoms with Crippen molar-refractivity contribution in [3.05, 3.63) is 35.9 Å². The zero-order valence-corrected chi connectivity index (χ0v) is 15.0. The average Bonchev–Trinajstić information content (AvgIpc) is 3.15. The van der Waals surface area contributed by atoms with Crippen LogP contribution in [0, 0.1) is 0 Å². The van der Waals surface area contributed by atoms with Crippen LogP contribution in [0.25, 0.3) is 0 Å². The maximum atomic E-state index is 6.23. The third-order valence-electron chi connectivity index (χ3n) is 4.64. The van der Waals surface area contributed by atoms with Gasteiger partial charge in [-0.3, -0.25) is 0 Å². The molecule has 0 aromatic heterocycles. The molecule has 0 spiro atoms. The van der Waals surface area contributed by atoms with Crippen LogP contribution in [0.3, 0.4) is 0 Å². The van der Waals surface area contributed by atoms with Gasteiger partial charge in [-0.1, -0.05) is 51.1 Å². The molecule has 4 heteroatoms. The molecule has 0 saturated carbocycles. The van der Waals surface area contributed by atoms with Crippen LogP contribution in [0.5, 0.6) is 0 Å². The van der Waals surface area contributed by atoms with Gasteiger partial charge in [-0.15, -0.1) is 0 Å². The zero-order valence-electron chi connectivity index (χ0n) is 14.0. The zero-order chi connectivity index (χ0) is 15.5. The fourth-order valence-electron chi connectivity index (χ4n) is 1.94. The standard InChI is InChI=1S/C17H29NO2Si/c1-17(2,3)21(4,5)20-13-16-15(18-16)12-19-11-14-9-7-6-8-10-14/h6-10,15-16,18H,11-13H2,1-5H3/t15-,16+/m0/s1. The lowest BCUT2D eigenvalue weighted by molar-refractivity contribution is 0.120. The number of hydrogen-bond donors (Lipinski definition) is 1. The summed E-state index contributed by atoms with van der Waals surface area (Å²) in [6.07, 6.45) is 0. The van der Waals surface area contributed by atoms with Crippen molar-refractivity contribution in [1.82, 2.24) is 5.32 Å². The molecular formula is C17H29NO2Si. The van der Waals surface area contributed by atoms with Gasteiger partial charge in [0.25, 0.3) is 0 Å². The van der Waals surface area contributed by atoms with E-state index in [1.165, 1.54) is 5.56 Å². The van der Waals surface area contributed by atoms with Gasteiger partial charge in [0.2, 0.25) is 0 Å². The molecule has 1 fully saturated rings. The number of nitrogens with one attached hydrogen (secondary N) is 1. The van der Waals surface area contributed by atoms with Crippen molar-refractivity contribution in [3.63, 3.8) is 0 Å². The molecule has 3 nitrogen and oxygen atoms in total. The molecule has 0 radical (unpaired) electrons. The molecule has 0 aliphatic carbocycles. The summed E-state index contributed by atoms with van der Waals surface area (Å²) in [7, 11) is -1.62. The normalized spacial score (nSPS) is 22.3. The Labute approximate surface area is 130 Å². The Kier molecular flexibility index (Phi) is 5.25. The molecule has 2 rings (SSSR count). The molecule has 1 aliphatic heterocycles. The summed E-state index contributed by atoms with van der Waals surface area (Å²) in [4.78, 5) is 0. The fourth-order valence-corrected chi connectivity index (χ4v) is 2.97. The highest BCUT2D eigenvalue weighted by molar-refractivity contribution is 6.74. The smallest absolute Gasteiger partial charge is 0.192 e. The predicted octanol–water partition coefficient (Wildman–Crippen LogP) is 3.57. The van der Waals surface area contributed by atoms with E-state index < -0.39 is 8.32 Å². The van der Waals surface area contributed by atoms with E-state index in [0.717, 1.165) is 13.2 Å². The second-order valence-electron chi connectivity index (χ2n) is 7.45. The van der Waals surface area contributed by atoms with Crippen molar-refractivity contribution >= 4 is 8.32 Å². The Balaban J connectivity index is 1.62. The van der Waals surface area contributed by atoms with E-state index in [4.69, 9.17) is 9.16 Å². The lowest BCUT2D eigenvalue weighted by Crippen LogP contribution is -2.42. The molecule has 1 aromatic rings. The van der Waals surface area contributed by atoms with Crippen LogP contribution in [-0.4, -0.2) is 33.6 Å². The van der Waals surface area contributed by atoms with Gasteiger partial charge in [-0.2, -0.15) is 0 Å². The molecule has 0 unspecified atom stereocenters. The summed E-state index contributed by atoms with van der Waals surface area (Å²) >= 11 is 0. The van der Waals surface area contributed by atoms with Gasteiger partial charge in [0, 0.05) is 12.1 Å². The number of benzene rings is 1. The van der Waals surface area contributed by atoms with Crippen LogP contribution in [0.15, 0.2) is 30.3 Å². The van der Waals surface area contributed by atoms with Crippen molar-refractivity contribution in [3.8, 4) is 0 Å². The van der Waals surface area contributed by atoms with E-state index in [0.29, 0.717) is 18.7 Å². The van der Waals surface area contributed by atoms with Crippen LogP contribution in [0.1, 0.15) is 26.3 Å². The van der Waals surface area contributed by atoms with E-state index in [9.17, 15) is 0 Å². The minimum absolute atomic E-state index is 0.279. The first kappa shape index (κ1) is 16.7. The van der Waals surface area contributed by atoms with E-state index in [-0.39, 0.29) is 5.04 Å². The quantitative estimate of drug-likeness (QED) is 0.618. The molecule has 1 N–H and O–H groups in total. The van der Waals surface area contributed by atoms with Gasteiger partial charge in [0.05, 0.1) is 19.8 Å². The van der Waals surface area contributed by atoms with Crippen LogP contribution < -0.4 is 5.32 Å². The summed E-state index contributed by atoms with van der Waals surface area (Å²) in [6, 6.07) is 11.2. The molecule has 1 saturated heterocycles. The lowest BCUT2D eigenvalue weighted by atomic mass is 10.2.